The van der Waals surface area contributed by atoms with Crippen molar-refractivity contribution in [3.63, 3.8) is 0 Å². The second kappa shape index (κ2) is 15.5. The van der Waals surface area contributed by atoms with Crippen molar-refractivity contribution in [2.24, 2.45) is 11.3 Å². The topological polar surface area (TPSA) is 148 Å². The third-order valence-corrected chi connectivity index (χ3v) is 14.3. The number of likely N-dealkylation sites (tertiary alicyclic amines) is 2. The van der Waals surface area contributed by atoms with Crippen LogP contribution < -0.4 is 15.0 Å². The number of rotatable bonds is 12. The summed E-state index contributed by atoms with van der Waals surface area (Å²) in [6, 6.07) is 3.50. The number of piperidine rings is 2. The number of nitrogens with zero attached hydrogens (tertiary/aromatic N) is 9. The van der Waals surface area contributed by atoms with Gasteiger partial charge in [-0.1, -0.05) is 6.58 Å². The summed E-state index contributed by atoms with van der Waals surface area (Å²) in [5.74, 6) is 0.664. The lowest BCUT2D eigenvalue weighted by atomic mass is 9.72. The number of fused-ring (bicyclic) bond motifs is 2. The summed E-state index contributed by atoms with van der Waals surface area (Å²) < 4.78 is 51.2. The number of nitrogens with one attached hydrogen (secondary N) is 1. The lowest BCUT2D eigenvalue weighted by Crippen LogP contribution is -2.61. The van der Waals surface area contributed by atoms with Gasteiger partial charge >= 0.3 is 0 Å². The first kappa shape index (κ1) is 39.3. The molecule has 300 valence electrons. The van der Waals surface area contributed by atoms with E-state index in [1.807, 2.05) is 27.7 Å². The Hall–Kier alpha value is -3.93. The van der Waals surface area contributed by atoms with Gasteiger partial charge in [-0.05, 0) is 103 Å². The lowest BCUT2D eigenvalue weighted by molar-refractivity contribution is -0.127. The van der Waals surface area contributed by atoms with Crippen LogP contribution in [0.3, 0.4) is 0 Å². The van der Waals surface area contributed by atoms with Gasteiger partial charge in [-0.25, -0.2) is 4.39 Å². The minimum absolute atomic E-state index is 0.0656. The number of benzene rings is 1. The van der Waals surface area contributed by atoms with Crippen molar-refractivity contribution in [2.45, 2.75) is 84.0 Å². The molecule has 1 N–H and O–H groups in total. The van der Waals surface area contributed by atoms with Crippen LogP contribution in [-0.2, 0) is 15.0 Å². The Labute approximate surface area is 324 Å². The maximum Gasteiger partial charge on any atom is 0.282 e. The molecule has 5 saturated heterocycles. The van der Waals surface area contributed by atoms with Crippen molar-refractivity contribution in [3.8, 4) is 11.6 Å². The quantitative estimate of drug-likeness (QED) is 0.316. The van der Waals surface area contributed by atoms with Crippen molar-refractivity contribution < 1.29 is 27.1 Å². The number of hydrogen-bond acceptors (Lipinski definition) is 11. The van der Waals surface area contributed by atoms with Crippen LogP contribution in [0.5, 0.6) is 11.6 Å². The minimum atomic E-state index is -3.56. The summed E-state index contributed by atoms with van der Waals surface area (Å²) in [6.07, 6.45) is 5.74. The highest BCUT2D eigenvalue weighted by Crippen LogP contribution is 2.45. The third-order valence-electron chi connectivity index (χ3n) is 12.2. The van der Waals surface area contributed by atoms with E-state index in [-0.39, 0.29) is 58.6 Å². The SMILES string of the molecule is C=CC(=O)N1C[C@@H]2C[C@H]1CN2S(=O)(=O)N1CCC(CN2CCC3(CC2)CN(c2nc(NC)nnc2Oc2ccc(F)cc2C(=O)N(C(C)C)C(C)C)C3)CC1. The van der Waals surface area contributed by atoms with Crippen molar-refractivity contribution >= 4 is 33.8 Å². The number of amides is 2. The van der Waals surface area contributed by atoms with Gasteiger partial charge in [0.1, 0.15) is 11.6 Å². The third kappa shape index (κ3) is 7.76. The maximum absolute atomic E-state index is 14.5. The number of carbonyl (C=O) groups excluding carboxylic acids is 2. The van der Waals surface area contributed by atoms with Crippen LogP contribution >= 0.6 is 0 Å². The fraction of sp³-hybridized carbons (Fsp3) is 0.658. The summed E-state index contributed by atoms with van der Waals surface area (Å²) in [7, 11) is -1.84. The van der Waals surface area contributed by atoms with E-state index >= 15 is 0 Å². The molecule has 15 nitrogen and oxygen atoms in total. The molecule has 55 heavy (non-hydrogen) atoms. The second-order valence-electron chi connectivity index (χ2n) is 16.5. The number of ether oxygens (including phenoxy) is 1. The average molecular weight is 783 g/mol. The smallest absolute Gasteiger partial charge is 0.282 e. The normalized spacial score (nSPS) is 23.4. The molecule has 17 heteroatoms. The molecule has 1 aromatic carbocycles. The molecular weight excluding hydrogens is 728 g/mol. The highest BCUT2D eigenvalue weighted by Gasteiger charge is 2.51. The molecule has 2 atom stereocenters. The van der Waals surface area contributed by atoms with Crippen LogP contribution in [0, 0.1) is 17.2 Å². The molecule has 5 aliphatic rings. The standard InChI is InChI=1S/C38H55FN10O5S/c1-7-33(50)47-21-30-19-29(47)22-48(30)55(52,53)46-14-10-27(11-15-46)20-44-16-12-38(13-17-44)23-45(24-38)34-35(42-43-37(40-6)41-34)54-32-9-8-28(39)18-31(32)36(51)49(25(2)3)26(4)5/h7-9,18,25-27,29-30H,1,10-17,19-24H2,2-6H3,(H,40,41,43)/t29-,30-/m0/s1. The first-order valence-electron chi connectivity index (χ1n) is 19.6. The number of halogens is 1. The summed E-state index contributed by atoms with van der Waals surface area (Å²) in [6.45, 7) is 17.6. The van der Waals surface area contributed by atoms with Crippen LogP contribution in [0.15, 0.2) is 30.9 Å². The minimum Gasteiger partial charge on any atom is -0.434 e. The van der Waals surface area contributed by atoms with Crippen LogP contribution in [0.4, 0.5) is 16.2 Å². The van der Waals surface area contributed by atoms with E-state index in [1.54, 1.807) is 25.5 Å². The van der Waals surface area contributed by atoms with E-state index < -0.39 is 16.0 Å². The van der Waals surface area contributed by atoms with E-state index in [4.69, 9.17) is 9.72 Å². The van der Waals surface area contributed by atoms with Crippen molar-refractivity contribution in [2.75, 3.05) is 76.2 Å². The van der Waals surface area contributed by atoms with Crippen LogP contribution in [-0.4, -0.2) is 149 Å². The molecule has 0 radical (unpaired) electrons. The predicted octanol–water partition coefficient (Wildman–Crippen LogP) is 3.43. The van der Waals surface area contributed by atoms with Gasteiger partial charge in [0, 0.05) is 82.4 Å². The zero-order chi connectivity index (χ0) is 39.2. The van der Waals surface area contributed by atoms with Crippen molar-refractivity contribution in [1.29, 1.82) is 0 Å². The molecule has 0 saturated carbocycles. The molecule has 7 rings (SSSR count). The van der Waals surface area contributed by atoms with E-state index in [9.17, 15) is 22.4 Å². The molecule has 0 unspecified atom stereocenters. The van der Waals surface area contributed by atoms with Gasteiger partial charge in [0.15, 0.2) is 5.82 Å². The zero-order valence-electron chi connectivity index (χ0n) is 32.7. The van der Waals surface area contributed by atoms with Crippen LogP contribution in [0.25, 0.3) is 0 Å². The first-order valence-corrected chi connectivity index (χ1v) is 21.0. The zero-order valence-corrected chi connectivity index (χ0v) is 33.5. The predicted molar refractivity (Wildman–Crippen MR) is 207 cm³/mol. The summed E-state index contributed by atoms with van der Waals surface area (Å²) in [5.41, 5.74) is 0.240. The number of anilines is 2. The molecular formula is C38H55FN10O5S. The van der Waals surface area contributed by atoms with E-state index in [0.29, 0.717) is 50.3 Å². The van der Waals surface area contributed by atoms with Gasteiger partial charge in [0.05, 0.1) is 5.56 Å². The van der Waals surface area contributed by atoms with Crippen LogP contribution in [0.2, 0.25) is 0 Å². The molecule has 5 fully saturated rings. The highest BCUT2D eigenvalue weighted by molar-refractivity contribution is 7.86. The number of hydrogen-bond donors (Lipinski definition) is 1. The summed E-state index contributed by atoms with van der Waals surface area (Å²) >= 11 is 0. The Morgan fingerprint density at radius 3 is 2.35 bits per heavy atom. The van der Waals surface area contributed by atoms with Crippen LogP contribution in [0.1, 0.15) is 70.2 Å². The second-order valence-corrected chi connectivity index (χ2v) is 18.4. The number of aromatic nitrogens is 3. The Kier molecular flexibility index (Phi) is 11.1. The molecule has 2 amide bonds. The molecule has 2 bridgehead atoms. The summed E-state index contributed by atoms with van der Waals surface area (Å²) in [5, 5.41) is 11.4. The first-order chi connectivity index (χ1) is 26.2. The highest BCUT2D eigenvalue weighted by atomic mass is 32.2. The van der Waals surface area contributed by atoms with Gasteiger partial charge in [-0.15, -0.1) is 10.2 Å². The van der Waals surface area contributed by atoms with Crippen molar-refractivity contribution in [3.05, 3.63) is 42.2 Å². The Bertz CT molecular complexity index is 1870. The molecule has 0 aliphatic carbocycles. The van der Waals surface area contributed by atoms with Gasteiger partial charge in [0.25, 0.3) is 22.0 Å². The van der Waals surface area contributed by atoms with Gasteiger partial charge < -0.3 is 29.7 Å². The summed E-state index contributed by atoms with van der Waals surface area (Å²) in [4.78, 5) is 38.6. The largest absolute Gasteiger partial charge is 0.434 e. The van der Waals surface area contributed by atoms with E-state index in [0.717, 1.165) is 58.4 Å². The molecule has 1 aromatic heterocycles. The Morgan fingerprint density at radius 1 is 1.05 bits per heavy atom. The molecule has 2 aromatic rings. The van der Waals surface area contributed by atoms with Crippen molar-refractivity contribution in [1.82, 2.24) is 38.5 Å². The Morgan fingerprint density at radius 2 is 1.75 bits per heavy atom. The van der Waals surface area contributed by atoms with E-state index in [2.05, 4.69) is 31.9 Å². The fourth-order valence-corrected chi connectivity index (χ4v) is 11.2. The molecule has 5 aliphatic heterocycles. The maximum atomic E-state index is 14.5. The fourth-order valence-electron chi connectivity index (χ4n) is 9.33. The average Bonchev–Trinajstić information content (AvgIpc) is 3.77. The number of carbonyl (C=O) groups is 2. The van der Waals surface area contributed by atoms with E-state index in [1.165, 1.54) is 24.3 Å². The Balaban J connectivity index is 0.927. The van der Waals surface area contributed by atoms with Gasteiger partial charge in [0.2, 0.25) is 11.9 Å². The number of piperazine rings is 1. The van der Waals surface area contributed by atoms with Gasteiger partial charge in [-0.2, -0.15) is 22.0 Å². The molecule has 6 heterocycles. The molecule has 1 spiro atoms. The van der Waals surface area contributed by atoms with Gasteiger partial charge in [-0.3, -0.25) is 9.59 Å². The monoisotopic (exact) mass is 782 g/mol. The lowest BCUT2D eigenvalue weighted by Gasteiger charge is -2.54.